The van der Waals surface area contributed by atoms with Crippen LogP contribution in [0, 0.1) is 0 Å². The van der Waals surface area contributed by atoms with E-state index in [0.29, 0.717) is 0 Å². The Labute approximate surface area is 79.4 Å². The van der Waals surface area contributed by atoms with Gasteiger partial charge in [-0.25, -0.2) is 0 Å². The van der Waals surface area contributed by atoms with E-state index in [0.717, 1.165) is 6.04 Å². The Morgan fingerprint density at radius 1 is 1.38 bits per heavy atom. The number of aryl methyl sites for hydroxylation is 1. The highest BCUT2D eigenvalue weighted by molar-refractivity contribution is 5.09. The molecule has 1 N–H and O–H groups in total. The van der Waals surface area contributed by atoms with Crippen molar-refractivity contribution in [3.63, 3.8) is 0 Å². The molecule has 0 aliphatic carbocycles. The zero-order valence-electron chi connectivity index (χ0n) is 7.87. The van der Waals surface area contributed by atoms with Gasteiger partial charge in [0.05, 0.1) is 0 Å². The lowest BCUT2D eigenvalue weighted by molar-refractivity contribution is 0.559. The minimum absolute atomic E-state index is 0.758. The maximum Gasteiger partial charge on any atom is 0.0270 e. The molecule has 1 aromatic heterocycles. The summed E-state index contributed by atoms with van der Waals surface area (Å²) in [4.78, 5) is 4.01. The lowest BCUT2D eigenvalue weighted by Crippen LogP contribution is -2.21. The fourth-order valence-electron chi connectivity index (χ4n) is 1.89. The number of aromatic nitrogens is 1. The highest BCUT2D eigenvalue weighted by Crippen LogP contribution is 2.11. The van der Waals surface area contributed by atoms with E-state index in [2.05, 4.69) is 22.4 Å². The van der Waals surface area contributed by atoms with Crippen LogP contribution in [0.3, 0.4) is 0 Å². The molecule has 0 saturated carbocycles. The number of pyridine rings is 1. The molecule has 1 fully saturated rings. The van der Waals surface area contributed by atoms with Gasteiger partial charge in [0, 0.05) is 18.4 Å². The van der Waals surface area contributed by atoms with Crippen molar-refractivity contribution in [3.05, 3.63) is 30.1 Å². The van der Waals surface area contributed by atoms with Crippen molar-refractivity contribution in [2.45, 2.75) is 31.7 Å². The Balaban J connectivity index is 1.79. The van der Waals surface area contributed by atoms with E-state index in [1.54, 1.807) is 0 Å². The van der Waals surface area contributed by atoms with Crippen LogP contribution in [0.4, 0.5) is 0 Å². The topological polar surface area (TPSA) is 24.9 Å². The summed E-state index contributed by atoms with van der Waals surface area (Å²) in [7, 11) is 0. The van der Waals surface area contributed by atoms with Crippen LogP contribution in [-0.4, -0.2) is 17.6 Å². The number of nitrogens with zero attached hydrogens (tertiary/aromatic N) is 1. The molecule has 1 aromatic rings. The van der Waals surface area contributed by atoms with Crippen LogP contribution >= 0.6 is 0 Å². The third-order valence-electron chi connectivity index (χ3n) is 2.69. The fraction of sp³-hybridized carbons (Fsp3) is 0.545. The Morgan fingerprint density at radius 2 is 2.23 bits per heavy atom. The molecule has 0 radical (unpaired) electrons. The molecule has 0 unspecified atom stereocenters. The zero-order chi connectivity index (χ0) is 8.93. The molecule has 1 atom stereocenters. The minimum Gasteiger partial charge on any atom is -0.314 e. The predicted octanol–water partition coefficient (Wildman–Crippen LogP) is 1.77. The van der Waals surface area contributed by atoms with Crippen molar-refractivity contribution in [2.24, 2.45) is 0 Å². The van der Waals surface area contributed by atoms with Gasteiger partial charge in [-0.05, 0) is 49.9 Å². The molecule has 70 valence electrons. The predicted molar refractivity (Wildman–Crippen MR) is 53.6 cm³/mol. The average Bonchev–Trinajstić information content (AvgIpc) is 2.69. The number of hydrogen-bond donors (Lipinski definition) is 1. The van der Waals surface area contributed by atoms with E-state index < -0.39 is 0 Å². The molecule has 2 heterocycles. The minimum atomic E-state index is 0.758. The molecule has 1 saturated heterocycles. The van der Waals surface area contributed by atoms with Crippen LogP contribution < -0.4 is 5.32 Å². The summed E-state index contributed by atoms with van der Waals surface area (Å²) < 4.78 is 0. The molecule has 2 heteroatoms. The molecule has 0 aromatic carbocycles. The van der Waals surface area contributed by atoms with Gasteiger partial charge in [-0.2, -0.15) is 0 Å². The fourth-order valence-corrected chi connectivity index (χ4v) is 1.89. The van der Waals surface area contributed by atoms with Crippen molar-refractivity contribution in [1.82, 2.24) is 10.3 Å². The van der Waals surface area contributed by atoms with Crippen molar-refractivity contribution in [3.8, 4) is 0 Å². The second kappa shape index (κ2) is 4.38. The van der Waals surface area contributed by atoms with Crippen molar-refractivity contribution >= 4 is 0 Å². The van der Waals surface area contributed by atoms with E-state index >= 15 is 0 Å². The third kappa shape index (κ3) is 2.52. The summed E-state index contributed by atoms with van der Waals surface area (Å²) in [6.45, 7) is 1.21. The Bertz CT molecular complexity index is 240. The Hall–Kier alpha value is -0.890. The molecule has 0 spiro atoms. The van der Waals surface area contributed by atoms with E-state index in [1.165, 1.54) is 37.8 Å². The van der Waals surface area contributed by atoms with E-state index in [-0.39, 0.29) is 0 Å². The normalized spacial score (nSPS) is 22.0. The smallest absolute Gasteiger partial charge is 0.0270 e. The maximum absolute atomic E-state index is 4.01. The second-order valence-electron chi connectivity index (χ2n) is 3.69. The molecule has 0 bridgehead atoms. The molecule has 0 amide bonds. The number of hydrogen-bond acceptors (Lipinski definition) is 2. The van der Waals surface area contributed by atoms with Gasteiger partial charge in [0.15, 0.2) is 0 Å². The van der Waals surface area contributed by atoms with Crippen LogP contribution in [0.15, 0.2) is 24.5 Å². The third-order valence-corrected chi connectivity index (χ3v) is 2.69. The molecule has 13 heavy (non-hydrogen) atoms. The first kappa shape index (κ1) is 8.70. The van der Waals surface area contributed by atoms with Crippen LogP contribution in [0.1, 0.15) is 24.8 Å². The van der Waals surface area contributed by atoms with Gasteiger partial charge in [-0.3, -0.25) is 4.98 Å². The summed E-state index contributed by atoms with van der Waals surface area (Å²) in [5, 5.41) is 3.51. The van der Waals surface area contributed by atoms with E-state index in [1.807, 2.05) is 12.4 Å². The molecule has 1 aliphatic rings. The Kier molecular flexibility index (Phi) is 2.93. The number of nitrogens with one attached hydrogen (secondary N) is 1. The lowest BCUT2D eigenvalue weighted by atomic mass is 10.1. The molecule has 2 rings (SSSR count). The van der Waals surface area contributed by atoms with Gasteiger partial charge in [-0.1, -0.05) is 0 Å². The zero-order valence-corrected chi connectivity index (χ0v) is 7.87. The summed E-state index contributed by atoms with van der Waals surface area (Å²) in [5.74, 6) is 0. The highest BCUT2D eigenvalue weighted by Gasteiger charge is 2.12. The number of rotatable bonds is 3. The Morgan fingerprint density at radius 3 is 2.92 bits per heavy atom. The molecular formula is C11H16N2. The van der Waals surface area contributed by atoms with Crippen LogP contribution in [-0.2, 0) is 6.42 Å². The van der Waals surface area contributed by atoms with Gasteiger partial charge in [0.1, 0.15) is 0 Å². The van der Waals surface area contributed by atoms with Crippen molar-refractivity contribution in [1.29, 1.82) is 0 Å². The first-order chi connectivity index (χ1) is 6.45. The van der Waals surface area contributed by atoms with Gasteiger partial charge in [0.25, 0.3) is 0 Å². The van der Waals surface area contributed by atoms with Gasteiger partial charge < -0.3 is 5.32 Å². The van der Waals surface area contributed by atoms with Gasteiger partial charge >= 0.3 is 0 Å². The highest BCUT2D eigenvalue weighted by atomic mass is 14.9. The standard InChI is InChI=1S/C11H16N2/c1-2-11(13-7-1)4-3-10-5-8-12-9-6-10/h5-6,8-9,11,13H,1-4,7H2/t11-/m1/s1. The van der Waals surface area contributed by atoms with E-state index in [9.17, 15) is 0 Å². The molecule has 1 aliphatic heterocycles. The van der Waals surface area contributed by atoms with E-state index in [4.69, 9.17) is 0 Å². The maximum atomic E-state index is 4.01. The summed E-state index contributed by atoms with van der Waals surface area (Å²) in [5.41, 5.74) is 1.41. The quantitative estimate of drug-likeness (QED) is 0.759. The summed E-state index contributed by atoms with van der Waals surface area (Å²) in [6.07, 6.45) is 8.89. The van der Waals surface area contributed by atoms with Gasteiger partial charge in [0.2, 0.25) is 0 Å². The van der Waals surface area contributed by atoms with Gasteiger partial charge in [-0.15, -0.1) is 0 Å². The summed E-state index contributed by atoms with van der Waals surface area (Å²) in [6, 6.07) is 4.97. The summed E-state index contributed by atoms with van der Waals surface area (Å²) >= 11 is 0. The monoisotopic (exact) mass is 176 g/mol. The van der Waals surface area contributed by atoms with Crippen LogP contribution in [0.2, 0.25) is 0 Å². The first-order valence-electron chi connectivity index (χ1n) is 5.07. The van der Waals surface area contributed by atoms with Crippen molar-refractivity contribution < 1.29 is 0 Å². The molecular weight excluding hydrogens is 160 g/mol. The van der Waals surface area contributed by atoms with Crippen LogP contribution in [0.25, 0.3) is 0 Å². The largest absolute Gasteiger partial charge is 0.314 e. The van der Waals surface area contributed by atoms with Crippen LogP contribution in [0.5, 0.6) is 0 Å². The second-order valence-corrected chi connectivity index (χ2v) is 3.69. The SMILES string of the molecule is c1cc(CC[C@H]2CCCN2)ccn1. The molecule has 2 nitrogen and oxygen atoms in total. The first-order valence-corrected chi connectivity index (χ1v) is 5.07. The average molecular weight is 176 g/mol. The lowest BCUT2D eigenvalue weighted by Gasteiger charge is -2.08. The van der Waals surface area contributed by atoms with Crippen molar-refractivity contribution in [2.75, 3.05) is 6.54 Å².